The highest BCUT2D eigenvalue weighted by atomic mass is 16.2. The van der Waals surface area contributed by atoms with Crippen LogP contribution < -0.4 is 0 Å². The molecule has 1 amide bonds. The number of amides is 1. The SMILES string of the molecule is CCCC(C)N(C)CC(=O)N1CCC(=O)CC1. The molecule has 0 aromatic carbocycles. The molecule has 1 rings (SSSR count). The number of ketones is 1. The largest absolute Gasteiger partial charge is 0.341 e. The summed E-state index contributed by atoms with van der Waals surface area (Å²) in [7, 11) is 1.99. The maximum absolute atomic E-state index is 12.0. The first-order valence-electron chi connectivity index (χ1n) is 6.54. The van der Waals surface area contributed by atoms with E-state index in [0.29, 0.717) is 38.5 Å². The van der Waals surface area contributed by atoms with Gasteiger partial charge in [-0.3, -0.25) is 14.5 Å². The molecule has 4 heteroatoms. The van der Waals surface area contributed by atoms with E-state index in [0.717, 1.165) is 12.8 Å². The number of piperidine rings is 1. The van der Waals surface area contributed by atoms with E-state index in [2.05, 4.69) is 18.7 Å². The van der Waals surface area contributed by atoms with E-state index >= 15 is 0 Å². The quantitative estimate of drug-likeness (QED) is 0.727. The Morgan fingerprint density at radius 2 is 2.00 bits per heavy atom. The van der Waals surface area contributed by atoms with E-state index in [-0.39, 0.29) is 11.7 Å². The summed E-state index contributed by atoms with van der Waals surface area (Å²) >= 11 is 0. The Labute approximate surface area is 104 Å². The minimum atomic E-state index is 0.156. The second-order valence-electron chi connectivity index (χ2n) is 4.97. The zero-order valence-electron chi connectivity index (χ0n) is 11.2. The fraction of sp³-hybridized carbons (Fsp3) is 0.846. The number of rotatable bonds is 5. The van der Waals surface area contributed by atoms with Crippen molar-refractivity contribution in [2.24, 2.45) is 0 Å². The molecule has 1 atom stereocenters. The van der Waals surface area contributed by atoms with Gasteiger partial charge in [-0.05, 0) is 20.4 Å². The topological polar surface area (TPSA) is 40.6 Å². The molecular weight excluding hydrogens is 216 g/mol. The molecule has 1 saturated heterocycles. The van der Waals surface area contributed by atoms with Crippen LogP contribution in [0.1, 0.15) is 39.5 Å². The molecule has 0 aliphatic carbocycles. The van der Waals surface area contributed by atoms with Crippen molar-refractivity contribution in [1.29, 1.82) is 0 Å². The Kier molecular flexibility index (Phi) is 5.62. The second-order valence-corrected chi connectivity index (χ2v) is 4.97. The normalized spacial score (nSPS) is 18.6. The monoisotopic (exact) mass is 240 g/mol. The lowest BCUT2D eigenvalue weighted by Crippen LogP contribution is -2.45. The lowest BCUT2D eigenvalue weighted by molar-refractivity contribution is -0.135. The van der Waals surface area contributed by atoms with E-state index in [1.807, 2.05) is 11.9 Å². The number of hydrogen-bond donors (Lipinski definition) is 0. The first-order valence-corrected chi connectivity index (χ1v) is 6.54. The Morgan fingerprint density at radius 3 is 2.53 bits per heavy atom. The summed E-state index contributed by atoms with van der Waals surface area (Å²) in [5.41, 5.74) is 0. The van der Waals surface area contributed by atoms with Crippen molar-refractivity contribution in [3.63, 3.8) is 0 Å². The first-order chi connectivity index (χ1) is 8.04. The fourth-order valence-electron chi connectivity index (χ4n) is 2.11. The highest BCUT2D eigenvalue weighted by Crippen LogP contribution is 2.08. The van der Waals surface area contributed by atoms with Crippen molar-refractivity contribution in [1.82, 2.24) is 9.80 Å². The van der Waals surface area contributed by atoms with Crippen molar-refractivity contribution in [2.75, 3.05) is 26.7 Å². The molecule has 0 bridgehead atoms. The van der Waals surface area contributed by atoms with Crippen molar-refractivity contribution in [2.45, 2.75) is 45.6 Å². The molecular formula is C13H24N2O2. The number of carbonyl (C=O) groups excluding carboxylic acids is 2. The molecule has 0 N–H and O–H groups in total. The summed E-state index contributed by atoms with van der Waals surface area (Å²) in [6, 6.07) is 0.440. The number of Topliss-reactive ketones (excluding diaryl/α,β-unsaturated/α-hetero) is 1. The minimum absolute atomic E-state index is 0.156. The molecule has 0 aromatic rings. The van der Waals surface area contributed by atoms with Gasteiger partial charge in [-0.15, -0.1) is 0 Å². The second kappa shape index (κ2) is 6.74. The maximum Gasteiger partial charge on any atom is 0.236 e. The maximum atomic E-state index is 12.0. The molecule has 0 spiro atoms. The van der Waals surface area contributed by atoms with Crippen molar-refractivity contribution >= 4 is 11.7 Å². The van der Waals surface area contributed by atoms with Gasteiger partial charge in [0.1, 0.15) is 5.78 Å². The molecule has 0 saturated carbocycles. The van der Waals surface area contributed by atoms with E-state index < -0.39 is 0 Å². The Bertz CT molecular complexity index is 269. The minimum Gasteiger partial charge on any atom is -0.341 e. The molecule has 4 nitrogen and oxygen atoms in total. The summed E-state index contributed by atoms with van der Waals surface area (Å²) in [4.78, 5) is 27.0. The van der Waals surface area contributed by atoms with Gasteiger partial charge in [0.25, 0.3) is 0 Å². The zero-order chi connectivity index (χ0) is 12.8. The number of hydrogen-bond acceptors (Lipinski definition) is 3. The average Bonchev–Trinajstić information content (AvgIpc) is 2.30. The predicted octanol–water partition coefficient (Wildman–Crippen LogP) is 1.30. The highest BCUT2D eigenvalue weighted by molar-refractivity contribution is 5.84. The Morgan fingerprint density at radius 1 is 1.41 bits per heavy atom. The lowest BCUT2D eigenvalue weighted by Gasteiger charge is -2.30. The molecule has 0 radical (unpaired) electrons. The third kappa shape index (κ3) is 4.46. The van der Waals surface area contributed by atoms with Crippen LogP contribution in [-0.4, -0.2) is 54.2 Å². The zero-order valence-corrected chi connectivity index (χ0v) is 11.2. The van der Waals surface area contributed by atoms with Crippen LogP contribution in [0, 0.1) is 0 Å². The fourth-order valence-corrected chi connectivity index (χ4v) is 2.11. The lowest BCUT2D eigenvalue weighted by atomic mass is 10.1. The Balaban J connectivity index is 2.35. The summed E-state index contributed by atoms with van der Waals surface area (Å²) in [5.74, 6) is 0.435. The summed E-state index contributed by atoms with van der Waals surface area (Å²) < 4.78 is 0. The smallest absolute Gasteiger partial charge is 0.236 e. The van der Waals surface area contributed by atoms with Gasteiger partial charge in [-0.1, -0.05) is 13.3 Å². The van der Waals surface area contributed by atoms with Gasteiger partial charge >= 0.3 is 0 Å². The van der Waals surface area contributed by atoms with Gasteiger partial charge in [0.2, 0.25) is 5.91 Å². The van der Waals surface area contributed by atoms with Crippen LogP contribution in [0.5, 0.6) is 0 Å². The summed E-state index contributed by atoms with van der Waals surface area (Å²) in [5, 5.41) is 0. The van der Waals surface area contributed by atoms with E-state index in [1.54, 1.807) is 0 Å². The molecule has 98 valence electrons. The van der Waals surface area contributed by atoms with Crippen molar-refractivity contribution < 1.29 is 9.59 Å². The number of likely N-dealkylation sites (tertiary alicyclic amines) is 1. The van der Waals surface area contributed by atoms with E-state index in [9.17, 15) is 9.59 Å². The molecule has 0 aromatic heterocycles. The molecule has 1 fully saturated rings. The number of likely N-dealkylation sites (N-methyl/N-ethyl adjacent to an activating group) is 1. The van der Waals surface area contributed by atoms with Crippen LogP contribution in [0.2, 0.25) is 0 Å². The molecule has 1 heterocycles. The van der Waals surface area contributed by atoms with Gasteiger partial charge in [-0.25, -0.2) is 0 Å². The van der Waals surface area contributed by atoms with Gasteiger partial charge in [0.05, 0.1) is 6.54 Å². The molecule has 1 unspecified atom stereocenters. The average molecular weight is 240 g/mol. The van der Waals surface area contributed by atoms with Crippen LogP contribution in [0.3, 0.4) is 0 Å². The highest BCUT2D eigenvalue weighted by Gasteiger charge is 2.22. The van der Waals surface area contributed by atoms with E-state index in [1.165, 1.54) is 0 Å². The summed E-state index contributed by atoms with van der Waals surface area (Å²) in [6.07, 6.45) is 3.31. The predicted molar refractivity (Wildman–Crippen MR) is 67.8 cm³/mol. The third-order valence-electron chi connectivity index (χ3n) is 3.52. The van der Waals surface area contributed by atoms with Crippen LogP contribution in [0.4, 0.5) is 0 Å². The summed E-state index contributed by atoms with van der Waals surface area (Å²) in [6.45, 7) is 5.98. The van der Waals surface area contributed by atoms with Gasteiger partial charge in [-0.2, -0.15) is 0 Å². The van der Waals surface area contributed by atoms with Crippen LogP contribution in [0.25, 0.3) is 0 Å². The first kappa shape index (κ1) is 14.2. The standard InChI is InChI=1S/C13H24N2O2/c1-4-5-11(2)14(3)10-13(17)15-8-6-12(16)7-9-15/h11H,4-10H2,1-3H3. The number of carbonyl (C=O) groups is 2. The molecule has 1 aliphatic heterocycles. The van der Waals surface area contributed by atoms with Crippen LogP contribution in [-0.2, 0) is 9.59 Å². The van der Waals surface area contributed by atoms with Crippen molar-refractivity contribution in [3.8, 4) is 0 Å². The van der Waals surface area contributed by atoms with Gasteiger partial charge in [0, 0.05) is 32.0 Å². The number of nitrogens with zero attached hydrogens (tertiary/aromatic N) is 2. The van der Waals surface area contributed by atoms with Crippen LogP contribution >= 0.6 is 0 Å². The Hall–Kier alpha value is -0.900. The third-order valence-corrected chi connectivity index (χ3v) is 3.52. The van der Waals surface area contributed by atoms with Crippen LogP contribution in [0.15, 0.2) is 0 Å². The van der Waals surface area contributed by atoms with Gasteiger partial charge < -0.3 is 4.90 Å². The van der Waals surface area contributed by atoms with Crippen molar-refractivity contribution in [3.05, 3.63) is 0 Å². The molecule has 17 heavy (non-hydrogen) atoms. The van der Waals surface area contributed by atoms with E-state index in [4.69, 9.17) is 0 Å². The van der Waals surface area contributed by atoms with Gasteiger partial charge in [0.15, 0.2) is 0 Å². The molecule has 1 aliphatic rings.